The van der Waals surface area contributed by atoms with Gasteiger partial charge >= 0.3 is 0 Å². The van der Waals surface area contributed by atoms with E-state index < -0.39 is 15.7 Å². The van der Waals surface area contributed by atoms with E-state index in [0.717, 1.165) is 25.7 Å². The first kappa shape index (κ1) is 13.4. The summed E-state index contributed by atoms with van der Waals surface area (Å²) in [6.45, 7) is 0. The summed E-state index contributed by atoms with van der Waals surface area (Å²) < 4.78 is 24.7. The topological polar surface area (TPSA) is 63.2 Å². The molecule has 1 fully saturated rings. The van der Waals surface area contributed by atoms with Gasteiger partial charge in [0.1, 0.15) is 4.91 Å². The lowest BCUT2D eigenvalue weighted by atomic mass is 9.95. The zero-order chi connectivity index (χ0) is 14.2. The van der Waals surface area contributed by atoms with Gasteiger partial charge in [0.05, 0.1) is 4.90 Å². The van der Waals surface area contributed by atoms with Gasteiger partial charge in [0, 0.05) is 6.04 Å². The molecule has 1 aromatic rings. The van der Waals surface area contributed by atoms with Crippen molar-refractivity contribution < 1.29 is 13.2 Å². The average molecular weight is 291 g/mol. The second-order valence-electron chi connectivity index (χ2n) is 5.36. The van der Waals surface area contributed by atoms with E-state index in [9.17, 15) is 13.2 Å². The summed E-state index contributed by atoms with van der Waals surface area (Å²) in [6.07, 6.45) is 6.73. The number of rotatable bonds is 2. The van der Waals surface area contributed by atoms with Gasteiger partial charge in [-0.05, 0) is 30.5 Å². The van der Waals surface area contributed by atoms with E-state index in [1.807, 2.05) is 0 Å². The Morgan fingerprint density at radius 3 is 2.50 bits per heavy atom. The van der Waals surface area contributed by atoms with Crippen molar-refractivity contribution in [3.63, 3.8) is 0 Å². The summed E-state index contributed by atoms with van der Waals surface area (Å²) in [5, 5.41) is 2.86. The number of benzene rings is 1. The van der Waals surface area contributed by atoms with Crippen LogP contribution in [0.15, 0.2) is 34.1 Å². The molecule has 0 aromatic heterocycles. The first-order valence-corrected chi connectivity index (χ1v) is 8.44. The van der Waals surface area contributed by atoms with Crippen molar-refractivity contribution >= 4 is 21.8 Å². The van der Waals surface area contributed by atoms with Gasteiger partial charge in [-0.1, -0.05) is 37.5 Å². The number of sulfone groups is 1. The molecule has 0 bridgehead atoms. The highest BCUT2D eigenvalue weighted by atomic mass is 32.2. The Bertz CT molecular complexity index is 670. The minimum absolute atomic E-state index is 0.107. The molecule has 2 aliphatic rings. The number of carbonyl (C=O) groups excluding carboxylic acids is 1. The van der Waals surface area contributed by atoms with E-state index in [1.165, 1.54) is 12.5 Å². The molecule has 1 aliphatic heterocycles. The summed E-state index contributed by atoms with van der Waals surface area (Å²) in [6, 6.07) is 6.81. The van der Waals surface area contributed by atoms with Crippen LogP contribution < -0.4 is 5.32 Å². The fraction of sp³-hybridized carbons (Fsp3) is 0.400. The van der Waals surface area contributed by atoms with Crippen LogP contribution in [0.4, 0.5) is 0 Å². The van der Waals surface area contributed by atoms with E-state index in [-0.39, 0.29) is 15.8 Å². The Kier molecular flexibility index (Phi) is 3.38. The van der Waals surface area contributed by atoms with E-state index in [1.54, 1.807) is 24.3 Å². The molecule has 1 N–H and O–H groups in total. The van der Waals surface area contributed by atoms with Crippen LogP contribution in [0.25, 0.3) is 6.08 Å². The third-order valence-electron chi connectivity index (χ3n) is 3.95. The lowest BCUT2D eigenvalue weighted by Crippen LogP contribution is -2.37. The highest BCUT2D eigenvalue weighted by molar-refractivity contribution is 7.96. The number of hydrogen-bond donors (Lipinski definition) is 1. The van der Waals surface area contributed by atoms with Gasteiger partial charge in [0.25, 0.3) is 5.91 Å². The Hall–Kier alpha value is -1.62. The molecule has 1 amide bonds. The molecular weight excluding hydrogens is 274 g/mol. The Morgan fingerprint density at radius 2 is 1.80 bits per heavy atom. The second kappa shape index (κ2) is 5.05. The summed E-state index contributed by atoms with van der Waals surface area (Å²) in [7, 11) is -3.65. The molecule has 20 heavy (non-hydrogen) atoms. The minimum Gasteiger partial charge on any atom is -0.349 e. The van der Waals surface area contributed by atoms with Crippen molar-refractivity contribution in [3.8, 4) is 0 Å². The van der Waals surface area contributed by atoms with Crippen molar-refractivity contribution in [1.82, 2.24) is 5.32 Å². The number of hydrogen-bond acceptors (Lipinski definition) is 3. The van der Waals surface area contributed by atoms with Gasteiger partial charge in [-0.25, -0.2) is 8.42 Å². The molecule has 0 radical (unpaired) electrons. The highest BCUT2D eigenvalue weighted by Gasteiger charge is 2.34. The molecule has 1 aliphatic carbocycles. The summed E-state index contributed by atoms with van der Waals surface area (Å²) in [5.41, 5.74) is 0.598. The Balaban J connectivity index is 1.83. The molecule has 1 heterocycles. The molecule has 106 valence electrons. The van der Waals surface area contributed by atoms with E-state index >= 15 is 0 Å². The third kappa shape index (κ3) is 2.26. The standard InChI is InChI=1S/C15H17NO3S/c17-15(16-12-7-2-1-3-8-12)14-10-11-6-4-5-9-13(11)20(14,18)19/h4-6,9-10,12H,1-3,7-8H2,(H,16,17). The lowest BCUT2D eigenvalue weighted by molar-refractivity contribution is -0.117. The third-order valence-corrected chi connectivity index (χ3v) is 5.78. The van der Waals surface area contributed by atoms with Crippen molar-refractivity contribution in [2.45, 2.75) is 43.0 Å². The van der Waals surface area contributed by atoms with Crippen molar-refractivity contribution in [2.24, 2.45) is 0 Å². The maximum absolute atomic E-state index is 12.3. The van der Waals surface area contributed by atoms with Crippen molar-refractivity contribution in [2.75, 3.05) is 0 Å². The van der Waals surface area contributed by atoms with Crippen LogP contribution >= 0.6 is 0 Å². The van der Waals surface area contributed by atoms with Gasteiger partial charge < -0.3 is 5.32 Å². The molecule has 4 nitrogen and oxygen atoms in total. The minimum atomic E-state index is -3.65. The predicted octanol–water partition coefficient (Wildman–Crippen LogP) is 2.26. The SMILES string of the molecule is O=C(NC1CCCCC1)C1=Cc2ccccc2S1(=O)=O. The maximum Gasteiger partial charge on any atom is 0.263 e. The zero-order valence-corrected chi connectivity index (χ0v) is 11.9. The number of amides is 1. The first-order valence-electron chi connectivity index (χ1n) is 6.96. The molecule has 0 spiro atoms. The number of fused-ring (bicyclic) bond motifs is 1. The maximum atomic E-state index is 12.3. The van der Waals surface area contributed by atoms with Gasteiger partial charge in [-0.2, -0.15) is 0 Å². The summed E-state index contributed by atoms with van der Waals surface area (Å²) in [5.74, 6) is -0.465. The van der Waals surface area contributed by atoms with Crippen molar-refractivity contribution in [3.05, 3.63) is 34.7 Å². The second-order valence-corrected chi connectivity index (χ2v) is 7.24. The molecule has 1 aromatic carbocycles. The van der Waals surface area contributed by atoms with Crippen LogP contribution in [0.3, 0.4) is 0 Å². The molecule has 5 heteroatoms. The first-order chi connectivity index (χ1) is 9.59. The lowest BCUT2D eigenvalue weighted by Gasteiger charge is -2.22. The zero-order valence-electron chi connectivity index (χ0n) is 11.1. The molecule has 0 saturated heterocycles. The van der Waals surface area contributed by atoms with Gasteiger partial charge in [0.15, 0.2) is 0 Å². The number of carbonyl (C=O) groups is 1. The average Bonchev–Trinajstić information content (AvgIpc) is 2.72. The van der Waals surface area contributed by atoms with Crippen LogP contribution in [-0.2, 0) is 14.6 Å². The van der Waals surface area contributed by atoms with Crippen LogP contribution in [0.5, 0.6) is 0 Å². The van der Waals surface area contributed by atoms with Gasteiger partial charge in [-0.3, -0.25) is 4.79 Å². The number of nitrogens with one attached hydrogen (secondary N) is 1. The van der Waals surface area contributed by atoms with E-state index in [4.69, 9.17) is 0 Å². The van der Waals surface area contributed by atoms with Crippen molar-refractivity contribution in [1.29, 1.82) is 0 Å². The normalized spacial score (nSPS) is 21.1. The summed E-state index contributed by atoms with van der Waals surface area (Å²) in [4.78, 5) is 12.3. The van der Waals surface area contributed by atoms with Crippen LogP contribution in [0.2, 0.25) is 0 Å². The Labute approximate surface area is 118 Å². The van der Waals surface area contributed by atoms with Gasteiger partial charge in [-0.15, -0.1) is 0 Å². The van der Waals surface area contributed by atoms with E-state index in [0.29, 0.717) is 5.56 Å². The monoisotopic (exact) mass is 291 g/mol. The summed E-state index contributed by atoms with van der Waals surface area (Å²) >= 11 is 0. The smallest absolute Gasteiger partial charge is 0.263 e. The predicted molar refractivity (Wildman–Crippen MR) is 76.6 cm³/mol. The van der Waals surface area contributed by atoms with E-state index in [2.05, 4.69) is 5.32 Å². The highest BCUT2D eigenvalue weighted by Crippen LogP contribution is 2.32. The fourth-order valence-electron chi connectivity index (χ4n) is 2.87. The van der Waals surface area contributed by atoms with Crippen LogP contribution in [-0.4, -0.2) is 20.4 Å². The molecule has 0 atom stereocenters. The van der Waals surface area contributed by atoms with Crippen LogP contribution in [0.1, 0.15) is 37.7 Å². The van der Waals surface area contributed by atoms with Crippen LogP contribution in [0, 0.1) is 0 Å². The Morgan fingerprint density at radius 1 is 1.10 bits per heavy atom. The molecule has 3 rings (SSSR count). The van der Waals surface area contributed by atoms with Gasteiger partial charge in [0.2, 0.25) is 9.84 Å². The fourth-order valence-corrected chi connectivity index (χ4v) is 4.39. The molecule has 1 saturated carbocycles. The molecular formula is C15H17NO3S. The largest absolute Gasteiger partial charge is 0.349 e. The quantitative estimate of drug-likeness (QED) is 0.909. The molecule has 0 unspecified atom stereocenters.